The summed E-state index contributed by atoms with van der Waals surface area (Å²) in [6.07, 6.45) is 5.11. The predicted octanol–water partition coefficient (Wildman–Crippen LogP) is 1.69. The fourth-order valence-electron chi connectivity index (χ4n) is 2.75. The molecular weight excluding hydrogens is 333 g/mol. The molecule has 0 aliphatic carbocycles. The van der Waals surface area contributed by atoms with Crippen molar-refractivity contribution >= 4 is 36.0 Å². The highest BCUT2D eigenvalue weighted by Gasteiger charge is 2.52. The van der Waals surface area contributed by atoms with Crippen LogP contribution in [0.3, 0.4) is 0 Å². The van der Waals surface area contributed by atoms with E-state index in [0.717, 1.165) is 16.4 Å². The molecule has 26 heavy (non-hydrogen) atoms. The summed E-state index contributed by atoms with van der Waals surface area (Å²) >= 11 is 0. The Balaban J connectivity index is 2.01. The van der Waals surface area contributed by atoms with E-state index >= 15 is 0 Å². The highest BCUT2D eigenvalue weighted by molar-refractivity contribution is 6.56. The molecule has 138 valence electrons. The topological polar surface area (TPSA) is 115 Å². The molecule has 0 unspecified atom stereocenters. The molecule has 9 heteroatoms. The number of hydrogen-bond donors (Lipinski definition) is 3. The molecule has 4 N–H and O–H groups in total. The maximum Gasteiger partial charge on any atom is 0.492 e. The highest BCUT2D eigenvalue weighted by Crippen LogP contribution is 2.39. The Bertz CT molecular complexity index is 858. The first kappa shape index (κ1) is 18.4. The maximum absolute atomic E-state index is 11.4. The van der Waals surface area contributed by atoms with Gasteiger partial charge in [0.25, 0.3) is 0 Å². The number of nitrogens with zero attached hydrogens (tertiary/aromatic N) is 2. The van der Waals surface area contributed by atoms with Crippen LogP contribution in [0.1, 0.15) is 40.2 Å². The van der Waals surface area contributed by atoms with Gasteiger partial charge in [0.1, 0.15) is 17.8 Å². The third-order valence-electron chi connectivity index (χ3n) is 4.97. The minimum Gasteiger partial charge on any atom is -0.400 e. The molecule has 0 aromatic carbocycles. The molecular formula is C17H24BN5O3. The van der Waals surface area contributed by atoms with E-state index in [4.69, 9.17) is 15.0 Å². The number of H-pyrrole nitrogens is 1. The molecule has 1 amide bonds. The minimum atomic E-state index is -0.581. The van der Waals surface area contributed by atoms with Crippen molar-refractivity contribution in [3.05, 3.63) is 23.6 Å². The summed E-state index contributed by atoms with van der Waals surface area (Å²) in [6, 6.07) is 0. The Morgan fingerprint density at radius 1 is 1.31 bits per heavy atom. The van der Waals surface area contributed by atoms with Crippen molar-refractivity contribution < 1.29 is 14.1 Å². The molecule has 2 aromatic heterocycles. The van der Waals surface area contributed by atoms with E-state index in [1.165, 1.54) is 13.3 Å². The van der Waals surface area contributed by atoms with Crippen LogP contribution in [0.25, 0.3) is 17.1 Å². The average molecular weight is 357 g/mol. The van der Waals surface area contributed by atoms with Gasteiger partial charge in [0.15, 0.2) is 0 Å². The van der Waals surface area contributed by atoms with Crippen LogP contribution in [0.4, 0.5) is 5.82 Å². The first-order valence-corrected chi connectivity index (χ1v) is 8.49. The number of carbonyl (C=O) groups excluding carboxylic acids is 1. The molecule has 1 aliphatic heterocycles. The van der Waals surface area contributed by atoms with Gasteiger partial charge in [-0.25, -0.2) is 9.97 Å². The van der Waals surface area contributed by atoms with Gasteiger partial charge in [-0.15, -0.1) is 0 Å². The number of hydrogen-bond acceptors (Lipinski definition) is 6. The van der Waals surface area contributed by atoms with Crippen molar-refractivity contribution in [2.24, 2.45) is 0 Å². The number of aromatic amines is 1. The Morgan fingerprint density at radius 3 is 2.58 bits per heavy atom. The van der Waals surface area contributed by atoms with Gasteiger partial charge in [-0.1, -0.05) is 6.08 Å². The van der Waals surface area contributed by atoms with E-state index in [2.05, 4.69) is 20.3 Å². The zero-order valence-corrected chi connectivity index (χ0v) is 15.7. The Morgan fingerprint density at radius 2 is 1.96 bits per heavy atom. The monoisotopic (exact) mass is 357 g/mol. The molecule has 0 spiro atoms. The fourth-order valence-corrected chi connectivity index (χ4v) is 2.75. The standard InChI is InChI=1S/C17H24BN5O3/c1-10(24)20-8-12(18-25-16(2,3)17(4,5)26-18)6-11-7-21-15-13(11)14(19)22-9-23-15/h6-7,9H,8H2,1-5H3,(H,20,24)(H3,19,21,22,23). The van der Waals surface area contributed by atoms with Crippen LogP contribution in [-0.2, 0) is 14.1 Å². The minimum absolute atomic E-state index is 0.130. The summed E-state index contributed by atoms with van der Waals surface area (Å²) in [5.74, 6) is 0.254. The van der Waals surface area contributed by atoms with Crippen molar-refractivity contribution in [2.45, 2.75) is 45.8 Å². The summed E-state index contributed by atoms with van der Waals surface area (Å²) < 4.78 is 12.3. The number of anilines is 1. The zero-order valence-electron chi connectivity index (χ0n) is 15.7. The summed E-state index contributed by atoms with van der Waals surface area (Å²) in [4.78, 5) is 22.7. The zero-order chi connectivity index (χ0) is 19.1. The van der Waals surface area contributed by atoms with Gasteiger partial charge in [0.05, 0.1) is 16.6 Å². The van der Waals surface area contributed by atoms with Crippen LogP contribution in [0, 0.1) is 0 Å². The first-order valence-electron chi connectivity index (χ1n) is 8.49. The lowest BCUT2D eigenvalue weighted by Crippen LogP contribution is -2.41. The van der Waals surface area contributed by atoms with Crippen molar-refractivity contribution in [3.63, 3.8) is 0 Å². The third-order valence-corrected chi connectivity index (χ3v) is 4.97. The van der Waals surface area contributed by atoms with Gasteiger partial charge in [-0.2, -0.15) is 0 Å². The number of nitrogen functional groups attached to an aromatic ring is 1. The molecule has 0 saturated carbocycles. The average Bonchev–Trinajstić information content (AvgIpc) is 3.03. The maximum atomic E-state index is 11.4. The van der Waals surface area contributed by atoms with E-state index in [9.17, 15) is 4.79 Å². The normalized spacial score (nSPS) is 19.1. The number of nitrogens with two attached hydrogens (primary N) is 1. The van der Waals surface area contributed by atoms with Gasteiger partial charge in [0.2, 0.25) is 5.91 Å². The van der Waals surface area contributed by atoms with E-state index in [0.29, 0.717) is 18.0 Å². The molecule has 0 bridgehead atoms. The second-order valence-corrected chi connectivity index (χ2v) is 7.44. The predicted molar refractivity (Wildman–Crippen MR) is 101 cm³/mol. The van der Waals surface area contributed by atoms with Gasteiger partial charge in [0, 0.05) is 25.2 Å². The lowest BCUT2D eigenvalue weighted by molar-refractivity contribution is -0.118. The van der Waals surface area contributed by atoms with Crippen LogP contribution in [0.2, 0.25) is 0 Å². The highest BCUT2D eigenvalue weighted by atomic mass is 16.7. The molecule has 0 radical (unpaired) electrons. The van der Waals surface area contributed by atoms with Crippen molar-refractivity contribution in [3.8, 4) is 0 Å². The SMILES string of the molecule is CC(=O)NCC(=Cc1c[nH]c2ncnc(N)c12)B1OC(C)(C)C(C)(C)O1. The van der Waals surface area contributed by atoms with Crippen LogP contribution in [-0.4, -0.2) is 45.7 Å². The number of amides is 1. The largest absolute Gasteiger partial charge is 0.492 e. The van der Waals surface area contributed by atoms with Crippen molar-refractivity contribution in [2.75, 3.05) is 12.3 Å². The van der Waals surface area contributed by atoms with Gasteiger partial charge in [-0.3, -0.25) is 4.79 Å². The number of fused-ring (bicyclic) bond motifs is 1. The molecule has 1 fully saturated rings. The molecule has 3 rings (SSSR count). The second kappa shape index (κ2) is 6.41. The van der Waals surface area contributed by atoms with Crippen LogP contribution in [0.15, 0.2) is 18.0 Å². The van der Waals surface area contributed by atoms with Crippen LogP contribution >= 0.6 is 0 Å². The lowest BCUT2D eigenvalue weighted by atomic mass is 9.77. The molecule has 2 aromatic rings. The van der Waals surface area contributed by atoms with Gasteiger partial charge in [-0.05, 0) is 33.2 Å². The van der Waals surface area contributed by atoms with Gasteiger partial charge >= 0.3 is 7.12 Å². The third kappa shape index (κ3) is 3.32. The van der Waals surface area contributed by atoms with E-state index in [1.54, 1.807) is 6.20 Å². The van der Waals surface area contributed by atoms with E-state index < -0.39 is 18.3 Å². The number of rotatable bonds is 4. The molecule has 8 nitrogen and oxygen atoms in total. The number of aromatic nitrogens is 3. The quantitative estimate of drug-likeness (QED) is 0.718. The summed E-state index contributed by atoms with van der Waals surface area (Å²) in [5.41, 5.74) is 7.30. The fraction of sp³-hybridized carbons (Fsp3) is 0.471. The molecule has 1 aliphatic rings. The lowest BCUT2D eigenvalue weighted by Gasteiger charge is -2.32. The van der Waals surface area contributed by atoms with E-state index in [1.807, 2.05) is 33.8 Å². The summed E-state index contributed by atoms with van der Waals surface area (Å²) in [5, 5.41) is 3.54. The van der Waals surface area contributed by atoms with Crippen LogP contribution in [0.5, 0.6) is 0 Å². The second-order valence-electron chi connectivity index (χ2n) is 7.44. The Labute approximate surface area is 152 Å². The Hall–Kier alpha value is -2.39. The first-order chi connectivity index (χ1) is 12.1. The van der Waals surface area contributed by atoms with Crippen LogP contribution < -0.4 is 11.1 Å². The van der Waals surface area contributed by atoms with Gasteiger partial charge < -0.3 is 25.3 Å². The smallest absolute Gasteiger partial charge is 0.400 e. The van der Waals surface area contributed by atoms with Crippen molar-refractivity contribution in [1.29, 1.82) is 0 Å². The summed E-state index contributed by atoms with van der Waals surface area (Å²) in [7, 11) is -0.581. The van der Waals surface area contributed by atoms with E-state index in [-0.39, 0.29) is 5.91 Å². The molecule has 0 atom stereocenters. The van der Waals surface area contributed by atoms with Crippen molar-refractivity contribution in [1.82, 2.24) is 20.3 Å². The number of nitrogens with one attached hydrogen (secondary N) is 2. The Kier molecular flexibility index (Phi) is 4.53. The molecule has 1 saturated heterocycles. The number of carbonyl (C=O) groups is 1. The summed E-state index contributed by atoms with van der Waals surface area (Å²) in [6.45, 7) is 9.72. The molecule has 3 heterocycles.